The van der Waals surface area contributed by atoms with Crippen LogP contribution in [0.25, 0.3) is 11.1 Å². The van der Waals surface area contributed by atoms with E-state index < -0.39 is 0 Å². The number of aromatic nitrogens is 2. The number of rotatable bonds is 3. The Balaban J connectivity index is 2.25. The molecule has 0 N–H and O–H groups in total. The van der Waals surface area contributed by atoms with Crippen LogP contribution in [0.3, 0.4) is 0 Å². The standard InChI is InChI=1S/C14H13ClN4O/c1-18(2)14(20)9-19-8-11(7-17-19)12-4-3-10(6-16)5-13(12)15/h3-5,7-8H,9H2,1-2H3. The fourth-order valence-corrected chi connectivity index (χ4v) is 1.98. The monoisotopic (exact) mass is 288 g/mol. The summed E-state index contributed by atoms with van der Waals surface area (Å²) in [7, 11) is 3.40. The zero-order valence-electron chi connectivity index (χ0n) is 11.2. The van der Waals surface area contributed by atoms with Crippen molar-refractivity contribution in [3.05, 3.63) is 41.2 Å². The number of hydrogen-bond acceptors (Lipinski definition) is 3. The van der Waals surface area contributed by atoms with Crippen molar-refractivity contribution >= 4 is 17.5 Å². The predicted octanol–water partition coefficient (Wildman–Crippen LogP) is 2.16. The van der Waals surface area contributed by atoms with Crippen molar-refractivity contribution in [3.8, 4) is 17.2 Å². The molecular weight excluding hydrogens is 276 g/mol. The van der Waals surface area contributed by atoms with Gasteiger partial charge in [-0.15, -0.1) is 0 Å². The molecule has 0 atom stereocenters. The van der Waals surface area contributed by atoms with Crippen LogP contribution in [0.1, 0.15) is 5.56 Å². The lowest BCUT2D eigenvalue weighted by Gasteiger charge is -2.09. The van der Waals surface area contributed by atoms with Gasteiger partial charge < -0.3 is 4.90 Å². The zero-order valence-corrected chi connectivity index (χ0v) is 11.9. The number of carbonyl (C=O) groups excluding carboxylic acids is 1. The topological polar surface area (TPSA) is 61.9 Å². The third kappa shape index (κ3) is 2.98. The maximum absolute atomic E-state index is 11.6. The molecule has 5 nitrogen and oxygen atoms in total. The van der Waals surface area contributed by atoms with Crippen molar-refractivity contribution in [2.45, 2.75) is 6.54 Å². The second-order valence-corrected chi connectivity index (χ2v) is 4.93. The predicted molar refractivity (Wildman–Crippen MR) is 76.1 cm³/mol. The lowest BCUT2D eigenvalue weighted by Crippen LogP contribution is -2.26. The molecule has 0 aliphatic carbocycles. The van der Waals surface area contributed by atoms with Crippen molar-refractivity contribution < 1.29 is 4.79 Å². The minimum Gasteiger partial charge on any atom is -0.347 e. The average Bonchev–Trinajstić information content (AvgIpc) is 2.86. The summed E-state index contributed by atoms with van der Waals surface area (Å²) >= 11 is 6.14. The molecule has 1 heterocycles. The van der Waals surface area contributed by atoms with Crippen molar-refractivity contribution in [2.24, 2.45) is 0 Å². The van der Waals surface area contributed by atoms with E-state index in [9.17, 15) is 4.79 Å². The number of hydrogen-bond donors (Lipinski definition) is 0. The maximum Gasteiger partial charge on any atom is 0.243 e. The van der Waals surface area contributed by atoms with Gasteiger partial charge in [-0.2, -0.15) is 10.4 Å². The van der Waals surface area contributed by atoms with Crippen LogP contribution in [0.5, 0.6) is 0 Å². The Morgan fingerprint density at radius 1 is 1.50 bits per heavy atom. The van der Waals surface area contributed by atoms with Gasteiger partial charge in [0.25, 0.3) is 0 Å². The molecule has 0 aliphatic heterocycles. The Morgan fingerprint density at radius 2 is 2.25 bits per heavy atom. The van der Waals surface area contributed by atoms with E-state index in [1.54, 1.807) is 49.4 Å². The number of carbonyl (C=O) groups is 1. The summed E-state index contributed by atoms with van der Waals surface area (Å²) in [5.74, 6) is -0.0365. The van der Waals surface area contributed by atoms with Gasteiger partial charge in [0, 0.05) is 36.4 Å². The minimum absolute atomic E-state index is 0.0365. The lowest BCUT2D eigenvalue weighted by atomic mass is 10.1. The van der Waals surface area contributed by atoms with Crippen LogP contribution in [0.2, 0.25) is 5.02 Å². The summed E-state index contributed by atoms with van der Waals surface area (Å²) in [5, 5.41) is 13.4. The molecule has 0 fully saturated rings. The third-order valence-electron chi connectivity index (χ3n) is 2.84. The molecule has 0 spiro atoms. The number of likely N-dealkylation sites (N-methyl/N-ethyl adjacent to an activating group) is 1. The molecule has 1 aromatic heterocycles. The molecule has 2 aromatic rings. The van der Waals surface area contributed by atoms with Crippen LogP contribution in [-0.4, -0.2) is 34.7 Å². The molecule has 2 rings (SSSR count). The Labute approximate surface area is 122 Å². The van der Waals surface area contributed by atoms with E-state index in [4.69, 9.17) is 16.9 Å². The molecule has 0 saturated heterocycles. The highest BCUT2D eigenvalue weighted by Gasteiger charge is 2.10. The molecule has 0 unspecified atom stereocenters. The van der Waals surface area contributed by atoms with Gasteiger partial charge >= 0.3 is 0 Å². The van der Waals surface area contributed by atoms with E-state index in [1.165, 1.54) is 4.90 Å². The molecule has 0 radical (unpaired) electrons. The Bertz CT molecular complexity index is 685. The highest BCUT2D eigenvalue weighted by atomic mass is 35.5. The van der Waals surface area contributed by atoms with Crippen molar-refractivity contribution in [3.63, 3.8) is 0 Å². The highest BCUT2D eigenvalue weighted by Crippen LogP contribution is 2.28. The first-order valence-electron chi connectivity index (χ1n) is 5.94. The van der Waals surface area contributed by atoms with E-state index in [0.29, 0.717) is 10.6 Å². The molecule has 102 valence electrons. The Kier molecular flexibility index (Phi) is 4.06. The number of amides is 1. The summed E-state index contributed by atoms with van der Waals surface area (Å²) in [6, 6.07) is 7.12. The minimum atomic E-state index is -0.0365. The lowest BCUT2D eigenvalue weighted by molar-refractivity contribution is -0.129. The number of benzene rings is 1. The van der Waals surface area contributed by atoms with Crippen LogP contribution >= 0.6 is 11.6 Å². The van der Waals surface area contributed by atoms with Crippen molar-refractivity contribution in [1.82, 2.24) is 14.7 Å². The summed E-state index contributed by atoms with van der Waals surface area (Å²) in [5.41, 5.74) is 2.11. The van der Waals surface area contributed by atoms with E-state index in [-0.39, 0.29) is 12.5 Å². The third-order valence-corrected chi connectivity index (χ3v) is 3.15. The first-order valence-corrected chi connectivity index (χ1v) is 6.31. The molecule has 20 heavy (non-hydrogen) atoms. The summed E-state index contributed by atoms with van der Waals surface area (Å²) in [4.78, 5) is 13.1. The van der Waals surface area contributed by atoms with E-state index >= 15 is 0 Å². The van der Waals surface area contributed by atoms with Crippen LogP contribution < -0.4 is 0 Å². The summed E-state index contributed by atoms with van der Waals surface area (Å²) in [6.45, 7) is 0.181. The molecule has 6 heteroatoms. The summed E-state index contributed by atoms with van der Waals surface area (Å²) < 4.78 is 1.56. The Hall–Kier alpha value is -2.32. The van der Waals surface area contributed by atoms with Gasteiger partial charge in [0.05, 0.1) is 17.8 Å². The number of nitriles is 1. The van der Waals surface area contributed by atoms with E-state index in [2.05, 4.69) is 5.10 Å². The zero-order chi connectivity index (χ0) is 14.7. The van der Waals surface area contributed by atoms with Crippen molar-refractivity contribution in [2.75, 3.05) is 14.1 Å². The maximum atomic E-state index is 11.6. The molecule has 1 amide bonds. The van der Waals surface area contributed by atoms with Gasteiger partial charge in [0.2, 0.25) is 5.91 Å². The molecule has 0 aliphatic rings. The molecule has 1 aromatic carbocycles. The quantitative estimate of drug-likeness (QED) is 0.869. The van der Waals surface area contributed by atoms with Gasteiger partial charge in [0.15, 0.2) is 0 Å². The highest BCUT2D eigenvalue weighted by molar-refractivity contribution is 6.33. The fourth-order valence-electron chi connectivity index (χ4n) is 1.69. The smallest absolute Gasteiger partial charge is 0.243 e. The number of nitrogens with zero attached hydrogens (tertiary/aromatic N) is 4. The molecule has 0 bridgehead atoms. The van der Waals surface area contributed by atoms with Crippen LogP contribution in [0.15, 0.2) is 30.6 Å². The van der Waals surface area contributed by atoms with E-state index in [1.807, 2.05) is 6.07 Å². The largest absolute Gasteiger partial charge is 0.347 e. The second-order valence-electron chi connectivity index (χ2n) is 4.52. The average molecular weight is 289 g/mol. The fraction of sp³-hybridized carbons (Fsp3) is 0.214. The van der Waals surface area contributed by atoms with Crippen LogP contribution in [-0.2, 0) is 11.3 Å². The Morgan fingerprint density at radius 3 is 2.85 bits per heavy atom. The van der Waals surface area contributed by atoms with E-state index in [0.717, 1.165) is 11.1 Å². The van der Waals surface area contributed by atoms with Crippen molar-refractivity contribution in [1.29, 1.82) is 5.26 Å². The normalized spacial score (nSPS) is 10.1. The van der Waals surface area contributed by atoms with Gasteiger partial charge in [-0.05, 0) is 12.1 Å². The van der Waals surface area contributed by atoms with Gasteiger partial charge in [-0.1, -0.05) is 17.7 Å². The van der Waals surface area contributed by atoms with Crippen LogP contribution in [0.4, 0.5) is 0 Å². The van der Waals surface area contributed by atoms with Crippen LogP contribution in [0, 0.1) is 11.3 Å². The van der Waals surface area contributed by atoms with Gasteiger partial charge in [-0.25, -0.2) is 0 Å². The second kappa shape index (κ2) is 5.76. The van der Waals surface area contributed by atoms with Gasteiger partial charge in [-0.3, -0.25) is 9.48 Å². The molecular formula is C14H13ClN4O. The molecule has 0 saturated carbocycles. The first kappa shape index (κ1) is 14.1. The summed E-state index contributed by atoms with van der Waals surface area (Å²) in [6.07, 6.45) is 3.41. The first-order chi connectivity index (χ1) is 9.51. The number of halogens is 1. The SMILES string of the molecule is CN(C)C(=O)Cn1cc(-c2ccc(C#N)cc2Cl)cn1. The van der Waals surface area contributed by atoms with Gasteiger partial charge in [0.1, 0.15) is 6.54 Å².